The second kappa shape index (κ2) is 3.79. The first-order valence-electron chi connectivity index (χ1n) is 4.89. The second-order valence-corrected chi connectivity index (χ2v) is 3.58. The van der Waals surface area contributed by atoms with Crippen molar-refractivity contribution in [2.45, 2.75) is 12.5 Å². The standard InChI is InChI=1S/C11H13FO3/c1-2-15-9-5-3-4-8(10(9)12)11(13)6-14-7-11/h3-5,13H,2,6-7H2,1H3. The fourth-order valence-corrected chi connectivity index (χ4v) is 1.59. The predicted molar refractivity (Wildman–Crippen MR) is 52.3 cm³/mol. The highest BCUT2D eigenvalue weighted by molar-refractivity contribution is 5.35. The van der Waals surface area contributed by atoms with E-state index < -0.39 is 11.4 Å². The molecule has 2 rings (SSSR count). The normalized spacial score (nSPS) is 18.3. The zero-order valence-electron chi connectivity index (χ0n) is 8.50. The Kier molecular flexibility index (Phi) is 2.63. The topological polar surface area (TPSA) is 38.7 Å². The number of rotatable bonds is 3. The molecule has 1 N–H and O–H groups in total. The monoisotopic (exact) mass is 212 g/mol. The molecular weight excluding hydrogens is 199 g/mol. The molecule has 0 aliphatic carbocycles. The van der Waals surface area contributed by atoms with E-state index in [1.807, 2.05) is 0 Å². The van der Waals surface area contributed by atoms with Crippen LogP contribution in [0.1, 0.15) is 12.5 Å². The molecule has 0 bridgehead atoms. The van der Waals surface area contributed by atoms with Gasteiger partial charge in [-0.1, -0.05) is 12.1 Å². The Labute approximate surface area is 87.4 Å². The maximum Gasteiger partial charge on any atom is 0.171 e. The average Bonchev–Trinajstić information content (AvgIpc) is 2.18. The summed E-state index contributed by atoms with van der Waals surface area (Å²) < 4.78 is 23.8. The zero-order chi connectivity index (χ0) is 10.9. The Hall–Kier alpha value is -1.13. The van der Waals surface area contributed by atoms with Crippen molar-refractivity contribution in [3.05, 3.63) is 29.6 Å². The maximum atomic E-state index is 13.8. The van der Waals surface area contributed by atoms with E-state index in [1.54, 1.807) is 25.1 Å². The van der Waals surface area contributed by atoms with E-state index in [4.69, 9.17) is 9.47 Å². The zero-order valence-corrected chi connectivity index (χ0v) is 8.50. The first-order valence-corrected chi connectivity index (χ1v) is 4.89. The van der Waals surface area contributed by atoms with Gasteiger partial charge < -0.3 is 14.6 Å². The summed E-state index contributed by atoms with van der Waals surface area (Å²) in [4.78, 5) is 0. The van der Waals surface area contributed by atoms with Crippen LogP contribution < -0.4 is 4.74 Å². The van der Waals surface area contributed by atoms with Gasteiger partial charge in [0, 0.05) is 5.56 Å². The molecule has 1 aliphatic heterocycles. The summed E-state index contributed by atoms with van der Waals surface area (Å²) in [6.07, 6.45) is 0. The van der Waals surface area contributed by atoms with Crippen LogP contribution in [0.15, 0.2) is 18.2 Å². The van der Waals surface area contributed by atoms with E-state index in [1.165, 1.54) is 0 Å². The van der Waals surface area contributed by atoms with Crippen LogP contribution >= 0.6 is 0 Å². The minimum Gasteiger partial charge on any atom is -0.491 e. The maximum absolute atomic E-state index is 13.8. The molecule has 0 saturated carbocycles. The van der Waals surface area contributed by atoms with Gasteiger partial charge in [0.2, 0.25) is 0 Å². The molecule has 3 nitrogen and oxygen atoms in total. The van der Waals surface area contributed by atoms with Gasteiger partial charge in [-0.25, -0.2) is 4.39 Å². The summed E-state index contributed by atoms with van der Waals surface area (Å²) in [6, 6.07) is 4.77. The lowest BCUT2D eigenvalue weighted by Crippen LogP contribution is -2.47. The number of ether oxygens (including phenoxy) is 2. The van der Waals surface area contributed by atoms with Crippen molar-refractivity contribution >= 4 is 0 Å². The Bertz CT molecular complexity index is 361. The summed E-state index contributed by atoms with van der Waals surface area (Å²) in [6.45, 7) is 2.46. The van der Waals surface area contributed by atoms with Crippen LogP contribution in [0, 0.1) is 5.82 Å². The van der Waals surface area contributed by atoms with Gasteiger partial charge >= 0.3 is 0 Å². The molecule has 15 heavy (non-hydrogen) atoms. The summed E-state index contributed by atoms with van der Waals surface area (Å²) in [7, 11) is 0. The lowest BCUT2D eigenvalue weighted by atomic mass is 9.91. The minimum absolute atomic E-state index is 0.138. The van der Waals surface area contributed by atoms with Gasteiger partial charge in [-0.2, -0.15) is 0 Å². The molecule has 1 aromatic carbocycles. The molecule has 4 heteroatoms. The number of benzene rings is 1. The molecule has 1 aromatic rings. The highest BCUT2D eigenvalue weighted by atomic mass is 19.1. The number of aliphatic hydroxyl groups is 1. The third-order valence-corrected chi connectivity index (χ3v) is 2.45. The molecule has 0 radical (unpaired) electrons. The Morgan fingerprint density at radius 2 is 2.27 bits per heavy atom. The van der Waals surface area contributed by atoms with E-state index in [0.717, 1.165) is 0 Å². The molecule has 1 aliphatic rings. The fraction of sp³-hybridized carbons (Fsp3) is 0.455. The molecule has 82 valence electrons. The van der Waals surface area contributed by atoms with Crippen molar-refractivity contribution in [2.75, 3.05) is 19.8 Å². The van der Waals surface area contributed by atoms with Crippen LogP contribution in [0.5, 0.6) is 5.75 Å². The molecule has 0 amide bonds. The summed E-state index contributed by atoms with van der Waals surface area (Å²) in [5.74, 6) is -0.319. The van der Waals surface area contributed by atoms with Crippen LogP contribution in [0.3, 0.4) is 0 Å². The van der Waals surface area contributed by atoms with Gasteiger partial charge in [-0.15, -0.1) is 0 Å². The first-order chi connectivity index (χ1) is 7.17. The molecule has 0 spiro atoms. The van der Waals surface area contributed by atoms with Crippen LogP contribution in [0.2, 0.25) is 0 Å². The summed E-state index contributed by atoms with van der Waals surface area (Å²) >= 11 is 0. The average molecular weight is 212 g/mol. The summed E-state index contributed by atoms with van der Waals surface area (Å²) in [5.41, 5.74) is -0.934. The van der Waals surface area contributed by atoms with Crippen LogP contribution in [-0.2, 0) is 10.3 Å². The van der Waals surface area contributed by atoms with Crippen molar-refractivity contribution in [3.63, 3.8) is 0 Å². The third kappa shape index (κ3) is 1.70. The van der Waals surface area contributed by atoms with Crippen LogP contribution in [0.25, 0.3) is 0 Å². The SMILES string of the molecule is CCOc1cccc(C2(O)COC2)c1F. The highest BCUT2D eigenvalue weighted by Crippen LogP contribution is 2.34. The third-order valence-electron chi connectivity index (χ3n) is 2.45. The number of hydrogen-bond acceptors (Lipinski definition) is 3. The van der Waals surface area contributed by atoms with E-state index >= 15 is 0 Å². The minimum atomic E-state index is -1.18. The van der Waals surface area contributed by atoms with Crippen molar-refractivity contribution < 1.29 is 19.0 Å². The van der Waals surface area contributed by atoms with Crippen molar-refractivity contribution in [3.8, 4) is 5.75 Å². The Morgan fingerprint density at radius 3 is 2.80 bits per heavy atom. The van der Waals surface area contributed by atoms with E-state index in [0.29, 0.717) is 6.61 Å². The predicted octanol–water partition coefficient (Wildman–Crippen LogP) is 1.44. The number of halogens is 1. The highest BCUT2D eigenvalue weighted by Gasteiger charge is 2.40. The van der Waals surface area contributed by atoms with Gasteiger partial charge in [-0.05, 0) is 13.0 Å². The second-order valence-electron chi connectivity index (χ2n) is 3.58. The van der Waals surface area contributed by atoms with Crippen LogP contribution in [0.4, 0.5) is 4.39 Å². The smallest absolute Gasteiger partial charge is 0.171 e. The fourth-order valence-electron chi connectivity index (χ4n) is 1.59. The van der Waals surface area contributed by atoms with Gasteiger partial charge in [-0.3, -0.25) is 0 Å². The van der Waals surface area contributed by atoms with E-state index in [2.05, 4.69) is 0 Å². The lowest BCUT2D eigenvalue weighted by molar-refractivity contribution is -0.186. The molecule has 0 aromatic heterocycles. The van der Waals surface area contributed by atoms with Gasteiger partial charge in [0.25, 0.3) is 0 Å². The van der Waals surface area contributed by atoms with E-state index in [-0.39, 0.29) is 24.5 Å². The summed E-state index contributed by atoms with van der Waals surface area (Å²) in [5, 5.41) is 9.93. The van der Waals surface area contributed by atoms with Crippen molar-refractivity contribution in [2.24, 2.45) is 0 Å². The first kappa shape index (κ1) is 10.4. The molecule has 1 fully saturated rings. The van der Waals surface area contributed by atoms with E-state index in [9.17, 15) is 9.50 Å². The molecule has 1 heterocycles. The number of hydrogen-bond donors (Lipinski definition) is 1. The van der Waals surface area contributed by atoms with Gasteiger partial charge in [0.15, 0.2) is 11.6 Å². The van der Waals surface area contributed by atoms with Gasteiger partial charge in [0.1, 0.15) is 5.60 Å². The van der Waals surface area contributed by atoms with Crippen LogP contribution in [-0.4, -0.2) is 24.9 Å². The molecular formula is C11H13FO3. The Morgan fingerprint density at radius 1 is 1.53 bits per heavy atom. The molecule has 0 atom stereocenters. The molecule has 1 saturated heterocycles. The van der Waals surface area contributed by atoms with Crippen molar-refractivity contribution in [1.82, 2.24) is 0 Å². The van der Waals surface area contributed by atoms with Gasteiger partial charge in [0.05, 0.1) is 19.8 Å². The largest absolute Gasteiger partial charge is 0.491 e. The molecule has 0 unspecified atom stereocenters. The quantitative estimate of drug-likeness (QED) is 0.824. The van der Waals surface area contributed by atoms with Crippen molar-refractivity contribution in [1.29, 1.82) is 0 Å². The lowest BCUT2D eigenvalue weighted by Gasteiger charge is -2.37. The Balaban J connectivity index is 2.35.